The number of nitrogens with one attached hydrogen (secondary N) is 3. The molecule has 0 aliphatic carbocycles. The van der Waals surface area contributed by atoms with Gasteiger partial charge in [0.25, 0.3) is 5.56 Å². The lowest BCUT2D eigenvalue weighted by molar-refractivity contribution is -0.115. The third-order valence-electron chi connectivity index (χ3n) is 2.17. The van der Waals surface area contributed by atoms with E-state index in [9.17, 15) is 9.59 Å². The third kappa shape index (κ3) is 1.72. The first kappa shape index (κ1) is 10.2. The highest BCUT2D eigenvalue weighted by atomic mass is 16.1. The molecule has 0 bridgehead atoms. The topological polar surface area (TPSA) is 90.6 Å². The van der Waals surface area contributed by atoms with Crippen molar-refractivity contribution < 1.29 is 4.79 Å². The van der Waals surface area contributed by atoms with E-state index in [2.05, 4.69) is 20.3 Å². The predicted octanol–water partition coefficient (Wildman–Crippen LogP) is 0.0104. The number of likely N-dealkylation sites (N-methyl/N-ethyl adjacent to an activating group) is 1. The average molecular weight is 218 g/mol. The molecule has 6 nitrogen and oxygen atoms in total. The van der Waals surface area contributed by atoms with Crippen molar-refractivity contribution in [3.63, 3.8) is 0 Å². The van der Waals surface area contributed by atoms with Crippen LogP contribution >= 0.6 is 0 Å². The number of aromatic nitrogens is 3. The predicted molar refractivity (Wildman–Crippen MR) is 59.8 cm³/mol. The van der Waals surface area contributed by atoms with E-state index in [1.165, 1.54) is 19.5 Å². The van der Waals surface area contributed by atoms with Crippen LogP contribution in [0.5, 0.6) is 0 Å². The number of nitrogens with zero attached hydrogens (tertiary/aromatic N) is 1. The minimum absolute atomic E-state index is 0.227. The van der Waals surface area contributed by atoms with Crippen molar-refractivity contribution in [1.29, 1.82) is 0 Å². The summed E-state index contributed by atoms with van der Waals surface area (Å²) in [5.74, 6) is -0.227. The van der Waals surface area contributed by atoms with Crippen molar-refractivity contribution in [3.05, 3.63) is 34.5 Å². The van der Waals surface area contributed by atoms with Gasteiger partial charge in [-0.15, -0.1) is 0 Å². The SMILES string of the molecule is CNC(=O)/C=C/c1c[nH]c2nc[nH]c(=O)c12. The van der Waals surface area contributed by atoms with Crippen molar-refractivity contribution >= 4 is 23.0 Å². The Kier molecular flexibility index (Phi) is 2.55. The Bertz CT molecular complexity index is 609. The highest BCUT2D eigenvalue weighted by Crippen LogP contribution is 2.12. The smallest absolute Gasteiger partial charge is 0.260 e. The number of carbonyl (C=O) groups is 1. The minimum Gasteiger partial charge on any atom is -0.356 e. The summed E-state index contributed by atoms with van der Waals surface area (Å²) in [5, 5.41) is 2.90. The molecule has 0 aliphatic heterocycles. The van der Waals surface area contributed by atoms with Gasteiger partial charge in [0.15, 0.2) is 0 Å². The lowest BCUT2D eigenvalue weighted by Gasteiger charge is -1.90. The van der Waals surface area contributed by atoms with Gasteiger partial charge >= 0.3 is 0 Å². The molecule has 0 aliphatic rings. The number of aromatic amines is 2. The molecule has 0 spiro atoms. The second-order valence-electron chi connectivity index (χ2n) is 3.15. The van der Waals surface area contributed by atoms with E-state index in [1.54, 1.807) is 12.3 Å². The number of carbonyl (C=O) groups excluding carboxylic acids is 1. The molecule has 3 N–H and O–H groups in total. The number of hydrogen-bond acceptors (Lipinski definition) is 3. The number of fused-ring (bicyclic) bond motifs is 1. The fourth-order valence-corrected chi connectivity index (χ4v) is 1.38. The van der Waals surface area contributed by atoms with Crippen LogP contribution in [0.2, 0.25) is 0 Å². The van der Waals surface area contributed by atoms with Crippen LogP contribution in [-0.4, -0.2) is 27.9 Å². The molecule has 2 aromatic heterocycles. The van der Waals surface area contributed by atoms with Crippen LogP contribution in [0.3, 0.4) is 0 Å². The second kappa shape index (κ2) is 4.01. The number of hydrogen-bond donors (Lipinski definition) is 3. The van der Waals surface area contributed by atoms with Gasteiger partial charge in [-0.3, -0.25) is 9.59 Å². The van der Waals surface area contributed by atoms with E-state index >= 15 is 0 Å². The van der Waals surface area contributed by atoms with Gasteiger partial charge in [-0.2, -0.15) is 0 Å². The zero-order valence-corrected chi connectivity index (χ0v) is 8.57. The monoisotopic (exact) mass is 218 g/mol. The van der Waals surface area contributed by atoms with Gasteiger partial charge in [-0.05, 0) is 6.08 Å². The molecule has 16 heavy (non-hydrogen) atoms. The first-order chi connectivity index (χ1) is 7.72. The highest BCUT2D eigenvalue weighted by Gasteiger charge is 2.05. The van der Waals surface area contributed by atoms with Gasteiger partial charge in [0.05, 0.1) is 11.7 Å². The van der Waals surface area contributed by atoms with E-state index in [1.807, 2.05) is 0 Å². The Labute approximate surface area is 90.4 Å². The first-order valence-corrected chi connectivity index (χ1v) is 4.67. The zero-order valence-electron chi connectivity index (χ0n) is 8.57. The lowest BCUT2D eigenvalue weighted by Crippen LogP contribution is -2.13. The largest absolute Gasteiger partial charge is 0.356 e. The maximum Gasteiger partial charge on any atom is 0.260 e. The Balaban J connectivity index is 2.50. The van der Waals surface area contributed by atoms with Crippen LogP contribution in [0.25, 0.3) is 17.1 Å². The summed E-state index contributed by atoms with van der Waals surface area (Å²) in [6.45, 7) is 0. The van der Waals surface area contributed by atoms with Crippen molar-refractivity contribution in [3.8, 4) is 0 Å². The zero-order chi connectivity index (χ0) is 11.5. The van der Waals surface area contributed by atoms with E-state index in [0.717, 1.165) is 0 Å². The van der Waals surface area contributed by atoms with Crippen LogP contribution in [0, 0.1) is 0 Å². The Hall–Kier alpha value is -2.37. The van der Waals surface area contributed by atoms with Crippen LogP contribution in [0.1, 0.15) is 5.56 Å². The third-order valence-corrected chi connectivity index (χ3v) is 2.17. The summed E-state index contributed by atoms with van der Waals surface area (Å²) < 4.78 is 0. The summed E-state index contributed by atoms with van der Waals surface area (Å²) in [4.78, 5) is 31.8. The molecule has 82 valence electrons. The first-order valence-electron chi connectivity index (χ1n) is 4.67. The maximum absolute atomic E-state index is 11.5. The molecule has 0 aromatic carbocycles. The number of rotatable bonds is 2. The van der Waals surface area contributed by atoms with Crippen molar-refractivity contribution in [1.82, 2.24) is 20.3 Å². The lowest BCUT2D eigenvalue weighted by atomic mass is 10.2. The van der Waals surface area contributed by atoms with Crippen molar-refractivity contribution in [2.24, 2.45) is 0 Å². The molecular weight excluding hydrogens is 208 g/mol. The highest BCUT2D eigenvalue weighted by molar-refractivity contribution is 5.94. The minimum atomic E-state index is -0.234. The quantitative estimate of drug-likeness (QED) is 0.620. The van der Waals surface area contributed by atoms with Gasteiger partial charge in [0, 0.05) is 24.9 Å². The summed E-state index contributed by atoms with van der Waals surface area (Å²) in [7, 11) is 1.54. The molecule has 0 fully saturated rings. The molecule has 2 aromatic rings. The normalized spacial score (nSPS) is 11.1. The maximum atomic E-state index is 11.5. The summed E-state index contributed by atoms with van der Waals surface area (Å²) in [6, 6.07) is 0. The number of amides is 1. The van der Waals surface area contributed by atoms with Gasteiger partial charge < -0.3 is 15.3 Å². The Morgan fingerprint density at radius 3 is 3.06 bits per heavy atom. The van der Waals surface area contributed by atoms with Gasteiger partial charge in [-0.25, -0.2) is 4.98 Å². The fraction of sp³-hybridized carbons (Fsp3) is 0.100. The van der Waals surface area contributed by atoms with Crippen LogP contribution in [0.15, 0.2) is 23.4 Å². The van der Waals surface area contributed by atoms with Crippen LogP contribution in [0.4, 0.5) is 0 Å². The molecule has 0 atom stereocenters. The fourth-order valence-electron chi connectivity index (χ4n) is 1.38. The van der Waals surface area contributed by atoms with E-state index in [4.69, 9.17) is 0 Å². The van der Waals surface area contributed by atoms with E-state index < -0.39 is 0 Å². The van der Waals surface area contributed by atoms with E-state index in [0.29, 0.717) is 16.6 Å². The Morgan fingerprint density at radius 1 is 1.50 bits per heavy atom. The Morgan fingerprint density at radius 2 is 2.31 bits per heavy atom. The molecular formula is C10H10N4O2. The standard InChI is InChI=1S/C10H10N4O2/c1-11-7(15)3-2-6-4-12-9-8(6)10(16)14-5-13-9/h2-5H,1H3,(H,11,15)(H2,12,13,14,16)/b3-2+. The molecule has 0 saturated carbocycles. The molecule has 2 rings (SSSR count). The number of H-pyrrole nitrogens is 2. The molecule has 6 heteroatoms. The summed E-state index contributed by atoms with van der Waals surface area (Å²) in [6.07, 6.45) is 5.88. The van der Waals surface area contributed by atoms with E-state index in [-0.39, 0.29) is 11.5 Å². The molecule has 0 radical (unpaired) electrons. The molecule has 2 heterocycles. The summed E-state index contributed by atoms with van der Waals surface area (Å²) in [5.41, 5.74) is 0.899. The summed E-state index contributed by atoms with van der Waals surface area (Å²) >= 11 is 0. The average Bonchev–Trinajstić information content (AvgIpc) is 2.70. The van der Waals surface area contributed by atoms with Crippen LogP contribution in [-0.2, 0) is 4.79 Å². The van der Waals surface area contributed by atoms with Gasteiger partial charge in [0.1, 0.15) is 5.65 Å². The van der Waals surface area contributed by atoms with Crippen molar-refractivity contribution in [2.45, 2.75) is 0 Å². The molecule has 0 unspecified atom stereocenters. The van der Waals surface area contributed by atoms with Gasteiger partial charge in [-0.1, -0.05) is 0 Å². The van der Waals surface area contributed by atoms with Gasteiger partial charge in [0.2, 0.25) is 5.91 Å². The van der Waals surface area contributed by atoms with Crippen LogP contribution < -0.4 is 10.9 Å². The second-order valence-corrected chi connectivity index (χ2v) is 3.15. The molecule has 1 amide bonds. The van der Waals surface area contributed by atoms with Crippen molar-refractivity contribution in [2.75, 3.05) is 7.05 Å². The molecule has 0 saturated heterocycles.